The Bertz CT molecular complexity index is 1160. The fourth-order valence-corrected chi connectivity index (χ4v) is 4.72. The van der Waals surface area contributed by atoms with Crippen molar-refractivity contribution in [1.82, 2.24) is 20.1 Å². The number of benzene rings is 2. The van der Waals surface area contributed by atoms with E-state index in [0.717, 1.165) is 54.3 Å². The fourth-order valence-electron chi connectivity index (χ4n) is 4.60. The number of rotatable bonds is 5. The molecule has 0 spiro atoms. The van der Waals surface area contributed by atoms with Crippen LogP contribution < -0.4 is 0 Å². The predicted molar refractivity (Wildman–Crippen MR) is 125 cm³/mol. The van der Waals surface area contributed by atoms with E-state index in [1.807, 2.05) is 54.7 Å². The first-order valence-electron chi connectivity index (χ1n) is 10.8. The van der Waals surface area contributed by atoms with Gasteiger partial charge in [-0.3, -0.25) is 15.0 Å². The van der Waals surface area contributed by atoms with Crippen LogP contribution in [-0.4, -0.2) is 33.2 Å². The second-order valence-electron chi connectivity index (χ2n) is 8.32. The molecule has 2 aromatic heterocycles. The van der Waals surface area contributed by atoms with Crippen molar-refractivity contribution in [2.45, 2.75) is 24.8 Å². The Balaban J connectivity index is 1.41. The Labute approximate surface area is 192 Å². The van der Waals surface area contributed by atoms with Gasteiger partial charge >= 0.3 is 0 Å². The monoisotopic (exact) mass is 446 g/mol. The van der Waals surface area contributed by atoms with Crippen molar-refractivity contribution in [1.29, 1.82) is 0 Å². The van der Waals surface area contributed by atoms with Crippen molar-refractivity contribution in [2.75, 3.05) is 13.1 Å². The van der Waals surface area contributed by atoms with Gasteiger partial charge in [-0.25, -0.2) is 4.39 Å². The molecule has 0 bridgehead atoms. The van der Waals surface area contributed by atoms with Crippen LogP contribution in [0.15, 0.2) is 79.0 Å². The van der Waals surface area contributed by atoms with Gasteiger partial charge < -0.3 is 0 Å². The molecule has 0 radical (unpaired) electrons. The molecule has 6 heteroatoms. The highest BCUT2D eigenvalue weighted by molar-refractivity contribution is 6.30. The van der Waals surface area contributed by atoms with Crippen molar-refractivity contribution in [3.8, 4) is 11.3 Å². The van der Waals surface area contributed by atoms with Crippen LogP contribution in [0, 0.1) is 5.82 Å². The van der Waals surface area contributed by atoms with Crippen molar-refractivity contribution in [2.24, 2.45) is 0 Å². The summed E-state index contributed by atoms with van der Waals surface area (Å²) in [5.74, 6) is 0.290. The molecule has 1 fully saturated rings. The summed E-state index contributed by atoms with van der Waals surface area (Å²) in [6.45, 7) is 2.65. The van der Waals surface area contributed by atoms with Crippen LogP contribution in [0.2, 0.25) is 5.02 Å². The second kappa shape index (κ2) is 9.23. The van der Waals surface area contributed by atoms with Gasteiger partial charge in [-0.05, 0) is 61.0 Å². The van der Waals surface area contributed by atoms with Gasteiger partial charge in [-0.15, -0.1) is 0 Å². The molecule has 0 aliphatic carbocycles. The molecule has 4 nitrogen and oxygen atoms in total. The highest BCUT2D eigenvalue weighted by atomic mass is 35.5. The first kappa shape index (κ1) is 20.9. The molecule has 2 atom stereocenters. The molecule has 4 aromatic rings. The average Bonchev–Trinajstić information content (AvgIpc) is 3.31. The third-order valence-corrected chi connectivity index (χ3v) is 6.50. The van der Waals surface area contributed by atoms with Gasteiger partial charge in [0.25, 0.3) is 0 Å². The lowest BCUT2D eigenvalue weighted by Gasteiger charge is -2.38. The average molecular weight is 447 g/mol. The lowest BCUT2D eigenvalue weighted by Crippen LogP contribution is -2.38. The van der Waals surface area contributed by atoms with Crippen LogP contribution in [0.3, 0.4) is 0 Å². The summed E-state index contributed by atoms with van der Waals surface area (Å²) >= 11 is 6.03. The minimum Gasteiger partial charge on any atom is -0.297 e. The first-order chi connectivity index (χ1) is 15.7. The van der Waals surface area contributed by atoms with Gasteiger partial charge in [0.1, 0.15) is 5.82 Å². The number of halogens is 2. The van der Waals surface area contributed by atoms with Gasteiger partial charge in [0.05, 0.1) is 11.4 Å². The molecule has 32 heavy (non-hydrogen) atoms. The molecule has 2 aromatic carbocycles. The summed E-state index contributed by atoms with van der Waals surface area (Å²) in [7, 11) is 0. The third kappa shape index (κ3) is 4.59. The lowest BCUT2D eigenvalue weighted by molar-refractivity contribution is 0.178. The van der Waals surface area contributed by atoms with E-state index in [2.05, 4.69) is 32.2 Å². The van der Waals surface area contributed by atoms with E-state index < -0.39 is 0 Å². The highest BCUT2D eigenvalue weighted by Crippen LogP contribution is 2.40. The number of piperidine rings is 1. The zero-order chi connectivity index (χ0) is 21.9. The van der Waals surface area contributed by atoms with Crippen molar-refractivity contribution < 1.29 is 4.39 Å². The van der Waals surface area contributed by atoms with Crippen LogP contribution >= 0.6 is 11.6 Å². The molecule has 1 saturated heterocycles. The number of H-pyrrole nitrogens is 1. The number of nitrogens with zero attached hydrogens (tertiary/aromatic N) is 3. The Kier molecular flexibility index (Phi) is 6.02. The quantitative estimate of drug-likeness (QED) is 0.406. The topological polar surface area (TPSA) is 44.8 Å². The van der Waals surface area contributed by atoms with E-state index in [-0.39, 0.29) is 17.7 Å². The first-order valence-corrected chi connectivity index (χ1v) is 11.2. The van der Waals surface area contributed by atoms with E-state index >= 15 is 0 Å². The van der Waals surface area contributed by atoms with Gasteiger partial charge in [0.2, 0.25) is 0 Å². The molecule has 162 valence electrons. The standard InChI is InChI=1S/C26H24ClFN4/c27-20-8-4-19(5-9-20)25-15-26(31-30-25)23-12-14-32(16-22-3-1-2-13-29-22)17-24(23)18-6-10-21(28)11-7-18/h1-11,13,15,23-24H,12,14,16-17H2,(H,30,31). The van der Waals surface area contributed by atoms with Crippen molar-refractivity contribution >= 4 is 11.6 Å². The maximum absolute atomic E-state index is 13.6. The molecule has 1 aliphatic heterocycles. The van der Waals surface area contributed by atoms with Gasteiger partial charge in [0.15, 0.2) is 0 Å². The normalized spacial score (nSPS) is 19.2. The van der Waals surface area contributed by atoms with E-state index in [1.54, 1.807) is 12.1 Å². The molecule has 1 N–H and O–H groups in total. The lowest BCUT2D eigenvalue weighted by atomic mass is 9.78. The maximum atomic E-state index is 13.6. The Morgan fingerprint density at radius 2 is 1.81 bits per heavy atom. The van der Waals surface area contributed by atoms with E-state index in [1.165, 1.54) is 0 Å². The van der Waals surface area contributed by atoms with Crippen molar-refractivity contribution in [3.05, 3.63) is 107 Å². The number of aromatic nitrogens is 3. The number of likely N-dealkylation sites (tertiary alicyclic amines) is 1. The summed E-state index contributed by atoms with van der Waals surface area (Å²) in [4.78, 5) is 6.92. The van der Waals surface area contributed by atoms with Crippen LogP contribution in [0.25, 0.3) is 11.3 Å². The Morgan fingerprint density at radius 3 is 2.56 bits per heavy atom. The summed E-state index contributed by atoms with van der Waals surface area (Å²) in [6, 6.07) is 22.8. The van der Waals surface area contributed by atoms with Gasteiger partial charge in [-0.2, -0.15) is 5.10 Å². The van der Waals surface area contributed by atoms with E-state index in [4.69, 9.17) is 11.6 Å². The third-order valence-electron chi connectivity index (χ3n) is 6.24. The van der Waals surface area contributed by atoms with Crippen LogP contribution in [0.4, 0.5) is 4.39 Å². The number of hydrogen-bond acceptors (Lipinski definition) is 3. The molecule has 0 saturated carbocycles. The Morgan fingerprint density at radius 1 is 1.00 bits per heavy atom. The molecule has 1 aliphatic rings. The number of pyridine rings is 1. The summed E-state index contributed by atoms with van der Waals surface area (Å²) in [5.41, 5.74) is 5.26. The maximum Gasteiger partial charge on any atom is 0.123 e. The van der Waals surface area contributed by atoms with Gasteiger partial charge in [-0.1, -0.05) is 41.9 Å². The molecular weight excluding hydrogens is 423 g/mol. The summed E-state index contributed by atoms with van der Waals surface area (Å²) < 4.78 is 13.6. The van der Waals surface area contributed by atoms with Crippen LogP contribution in [0.1, 0.15) is 35.2 Å². The molecular formula is C26H24ClFN4. The largest absolute Gasteiger partial charge is 0.297 e. The second-order valence-corrected chi connectivity index (χ2v) is 8.76. The minimum atomic E-state index is -0.210. The smallest absolute Gasteiger partial charge is 0.123 e. The summed E-state index contributed by atoms with van der Waals surface area (Å²) in [6.07, 6.45) is 2.82. The number of nitrogens with one attached hydrogen (secondary N) is 1. The summed E-state index contributed by atoms with van der Waals surface area (Å²) in [5, 5.41) is 8.55. The number of aromatic amines is 1. The van der Waals surface area contributed by atoms with Gasteiger partial charge in [0, 0.05) is 47.4 Å². The predicted octanol–water partition coefficient (Wildman–Crippen LogP) is 6.04. The molecule has 0 amide bonds. The number of hydrogen-bond donors (Lipinski definition) is 1. The molecule has 5 rings (SSSR count). The minimum absolute atomic E-state index is 0.210. The Hall–Kier alpha value is -3.02. The van der Waals surface area contributed by atoms with Crippen LogP contribution in [-0.2, 0) is 6.54 Å². The van der Waals surface area contributed by atoms with E-state index in [9.17, 15) is 4.39 Å². The van der Waals surface area contributed by atoms with Crippen LogP contribution in [0.5, 0.6) is 0 Å². The van der Waals surface area contributed by atoms with Crippen molar-refractivity contribution in [3.63, 3.8) is 0 Å². The zero-order valence-corrected chi connectivity index (χ0v) is 18.3. The SMILES string of the molecule is Fc1ccc(C2CN(Cc3ccccn3)CCC2c2cc(-c3ccc(Cl)cc3)n[nH]2)cc1. The molecule has 3 heterocycles. The highest BCUT2D eigenvalue weighted by Gasteiger charge is 2.33. The zero-order valence-electron chi connectivity index (χ0n) is 17.6. The molecule has 2 unspecified atom stereocenters. The fraction of sp³-hybridized carbons (Fsp3) is 0.231. The van der Waals surface area contributed by atoms with E-state index in [0.29, 0.717) is 5.02 Å².